The number of hydrogen-bond donors (Lipinski definition) is 3. The Kier molecular flexibility index (Phi) is 5.59. The van der Waals surface area contributed by atoms with Gasteiger partial charge < -0.3 is 20.5 Å². The first-order valence-corrected chi connectivity index (χ1v) is 6.04. The van der Waals surface area contributed by atoms with Crippen molar-refractivity contribution in [3.8, 4) is 0 Å². The molecule has 112 valence electrons. The number of hydrogen-bond acceptors (Lipinski definition) is 8. The number of aliphatic hydroxyl groups is 1. The quantitative estimate of drug-likeness (QED) is 0.469. The first-order valence-electron chi connectivity index (χ1n) is 6.04. The Bertz CT molecular complexity index is 466. The highest BCUT2D eigenvalue weighted by molar-refractivity contribution is 5.57. The minimum absolute atomic E-state index is 0.0621. The van der Waals surface area contributed by atoms with Crippen LogP contribution in [-0.4, -0.2) is 52.9 Å². The van der Waals surface area contributed by atoms with Crippen LogP contribution in [0.1, 0.15) is 13.3 Å². The Hall–Kier alpha value is -2.00. The summed E-state index contributed by atoms with van der Waals surface area (Å²) < 4.78 is 4.90. The minimum Gasteiger partial charge on any atom is -0.388 e. The molecular weight excluding hydrogens is 266 g/mol. The average Bonchev–Trinajstić information content (AvgIpc) is 2.42. The van der Waals surface area contributed by atoms with Gasteiger partial charge in [-0.1, -0.05) is 0 Å². The van der Waals surface area contributed by atoms with E-state index in [1.165, 1.54) is 7.11 Å². The number of anilines is 2. The van der Waals surface area contributed by atoms with Gasteiger partial charge in [-0.05, 0) is 6.92 Å². The van der Waals surface area contributed by atoms with E-state index in [-0.39, 0.29) is 24.0 Å². The second-order valence-electron chi connectivity index (χ2n) is 4.53. The van der Waals surface area contributed by atoms with Crippen molar-refractivity contribution in [1.82, 2.24) is 9.97 Å². The number of ether oxygens (including phenoxy) is 1. The summed E-state index contributed by atoms with van der Waals surface area (Å²) >= 11 is 0. The monoisotopic (exact) mass is 285 g/mol. The third kappa shape index (κ3) is 4.59. The Labute approximate surface area is 116 Å². The van der Waals surface area contributed by atoms with E-state index in [0.717, 1.165) is 6.20 Å². The molecule has 0 aliphatic carbocycles. The summed E-state index contributed by atoms with van der Waals surface area (Å²) in [7, 11) is 3.15. The molecule has 0 fully saturated rings. The standard InChI is InChI=1S/C11H19N5O4/c1-11(17,4-5-20-3)7-14-9-8(16(18)19)6-13-10(12-2)15-9/h6,17H,4-5,7H2,1-3H3,(H2,12,13,14,15). The van der Waals surface area contributed by atoms with Crippen molar-refractivity contribution in [3.63, 3.8) is 0 Å². The van der Waals surface area contributed by atoms with Crippen molar-refractivity contribution in [1.29, 1.82) is 0 Å². The number of nitrogens with zero attached hydrogens (tertiary/aromatic N) is 3. The van der Waals surface area contributed by atoms with Gasteiger partial charge >= 0.3 is 5.69 Å². The van der Waals surface area contributed by atoms with Gasteiger partial charge in [0.1, 0.15) is 6.20 Å². The fourth-order valence-corrected chi connectivity index (χ4v) is 1.44. The van der Waals surface area contributed by atoms with Crippen LogP contribution in [0.2, 0.25) is 0 Å². The maximum atomic E-state index is 10.9. The summed E-state index contributed by atoms with van der Waals surface area (Å²) in [6.07, 6.45) is 1.51. The van der Waals surface area contributed by atoms with Crippen LogP contribution in [0.5, 0.6) is 0 Å². The van der Waals surface area contributed by atoms with Gasteiger partial charge in [0.15, 0.2) is 0 Å². The largest absolute Gasteiger partial charge is 0.388 e. The average molecular weight is 285 g/mol. The fraction of sp³-hybridized carbons (Fsp3) is 0.636. The van der Waals surface area contributed by atoms with Gasteiger partial charge in [-0.15, -0.1) is 0 Å². The number of rotatable bonds is 8. The van der Waals surface area contributed by atoms with Crippen LogP contribution in [-0.2, 0) is 4.74 Å². The topological polar surface area (TPSA) is 122 Å². The number of aromatic nitrogens is 2. The number of methoxy groups -OCH3 is 1. The highest BCUT2D eigenvalue weighted by atomic mass is 16.6. The number of nitro groups is 1. The van der Waals surface area contributed by atoms with Crippen LogP contribution in [0.4, 0.5) is 17.5 Å². The summed E-state index contributed by atoms with van der Waals surface area (Å²) in [5.74, 6) is 0.321. The second-order valence-corrected chi connectivity index (χ2v) is 4.53. The lowest BCUT2D eigenvalue weighted by molar-refractivity contribution is -0.384. The fourth-order valence-electron chi connectivity index (χ4n) is 1.44. The molecule has 0 radical (unpaired) electrons. The Morgan fingerprint density at radius 3 is 2.85 bits per heavy atom. The van der Waals surface area contributed by atoms with Crippen LogP contribution in [0, 0.1) is 10.1 Å². The van der Waals surface area contributed by atoms with E-state index in [1.807, 2.05) is 0 Å². The van der Waals surface area contributed by atoms with Crippen LogP contribution in [0.3, 0.4) is 0 Å². The molecule has 1 rings (SSSR count). The van der Waals surface area contributed by atoms with Crippen LogP contribution in [0.15, 0.2) is 6.20 Å². The zero-order chi connectivity index (χ0) is 15.2. The minimum atomic E-state index is -1.06. The zero-order valence-corrected chi connectivity index (χ0v) is 11.7. The van der Waals surface area contributed by atoms with Gasteiger partial charge in [0, 0.05) is 33.7 Å². The van der Waals surface area contributed by atoms with Crippen LogP contribution < -0.4 is 10.6 Å². The molecule has 0 saturated carbocycles. The Morgan fingerprint density at radius 2 is 2.30 bits per heavy atom. The van der Waals surface area contributed by atoms with Gasteiger partial charge in [0.25, 0.3) is 0 Å². The highest BCUT2D eigenvalue weighted by Gasteiger charge is 2.23. The molecule has 1 atom stereocenters. The Balaban J connectivity index is 2.82. The number of nitrogens with one attached hydrogen (secondary N) is 2. The normalized spacial score (nSPS) is 13.6. The molecule has 0 saturated heterocycles. The molecule has 1 aromatic rings. The molecule has 1 aromatic heterocycles. The van der Waals surface area contributed by atoms with E-state index in [2.05, 4.69) is 20.6 Å². The smallest absolute Gasteiger partial charge is 0.329 e. The second kappa shape index (κ2) is 6.96. The summed E-state index contributed by atoms with van der Waals surface area (Å²) in [5.41, 5.74) is -1.30. The molecular formula is C11H19N5O4. The maximum Gasteiger partial charge on any atom is 0.329 e. The molecule has 1 heterocycles. The van der Waals surface area contributed by atoms with Gasteiger partial charge in [0.2, 0.25) is 11.8 Å². The van der Waals surface area contributed by atoms with Crippen molar-refractivity contribution in [3.05, 3.63) is 16.3 Å². The van der Waals surface area contributed by atoms with Gasteiger partial charge in [0.05, 0.1) is 10.5 Å². The van der Waals surface area contributed by atoms with Gasteiger partial charge in [-0.2, -0.15) is 4.98 Å². The molecule has 0 aromatic carbocycles. The van der Waals surface area contributed by atoms with Crippen LogP contribution in [0.25, 0.3) is 0 Å². The molecule has 1 unspecified atom stereocenters. The lowest BCUT2D eigenvalue weighted by atomic mass is 10.0. The molecule has 9 heteroatoms. The third-order valence-corrected chi connectivity index (χ3v) is 2.67. The molecule has 0 aliphatic heterocycles. The maximum absolute atomic E-state index is 10.9. The third-order valence-electron chi connectivity index (χ3n) is 2.67. The molecule has 0 aliphatic rings. The Morgan fingerprint density at radius 1 is 1.60 bits per heavy atom. The predicted octanol–water partition coefficient (Wildman–Crippen LogP) is 0.626. The zero-order valence-electron chi connectivity index (χ0n) is 11.7. The summed E-state index contributed by atoms with van der Waals surface area (Å²) in [6, 6.07) is 0. The van der Waals surface area contributed by atoms with E-state index in [9.17, 15) is 15.2 Å². The summed E-state index contributed by atoms with van der Waals surface area (Å²) in [4.78, 5) is 18.1. The lowest BCUT2D eigenvalue weighted by Gasteiger charge is -2.23. The van der Waals surface area contributed by atoms with Crippen molar-refractivity contribution < 1.29 is 14.8 Å². The van der Waals surface area contributed by atoms with Gasteiger partial charge in [-0.3, -0.25) is 10.1 Å². The first kappa shape index (κ1) is 16.1. The van der Waals surface area contributed by atoms with E-state index >= 15 is 0 Å². The van der Waals surface area contributed by atoms with E-state index < -0.39 is 10.5 Å². The molecule has 20 heavy (non-hydrogen) atoms. The molecule has 0 spiro atoms. The predicted molar refractivity (Wildman–Crippen MR) is 73.8 cm³/mol. The van der Waals surface area contributed by atoms with Crippen molar-refractivity contribution in [2.45, 2.75) is 18.9 Å². The van der Waals surface area contributed by atoms with E-state index in [1.54, 1.807) is 14.0 Å². The molecule has 3 N–H and O–H groups in total. The first-order chi connectivity index (χ1) is 9.39. The molecule has 0 amide bonds. The van der Waals surface area contributed by atoms with Crippen molar-refractivity contribution in [2.24, 2.45) is 0 Å². The SMILES string of the molecule is CNc1ncc([N+](=O)[O-])c(NCC(C)(O)CCOC)n1. The van der Waals surface area contributed by atoms with Crippen LogP contribution >= 0.6 is 0 Å². The van der Waals surface area contributed by atoms with E-state index in [0.29, 0.717) is 13.0 Å². The van der Waals surface area contributed by atoms with Crippen molar-refractivity contribution >= 4 is 17.5 Å². The van der Waals surface area contributed by atoms with Crippen molar-refractivity contribution in [2.75, 3.05) is 37.9 Å². The van der Waals surface area contributed by atoms with Gasteiger partial charge in [-0.25, -0.2) is 4.98 Å². The lowest BCUT2D eigenvalue weighted by Crippen LogP contribution is -2.35. The summed E-state index contributed by atoms with van der Waals surface area (Å²) in [5, 5.41) is 26.5. The highest BCUT2D eigenvalue weighted by Crippen LogP contribution is 2.23. The van der Waals surface area contributed by atoms with E-state index in [4.69, 9.17) is 4.74 Å². The molecule has 9 nitrogen and oxygen atoms in total. The molecule has 0 bridgehead atoms. The summed E-state index contributed by atoms with van der Waals surface area (Å²) in [6.45, 7) is 2.12.